The Balaban J connectivity index is 1.51. The number of nitrogens with zero attached hydrogens (tertiary/aromatic N) is 1. The van der Waals surface area contributed by atoms with Crippen LogP contribution in [0, 0.1) is 18.3 Å². The lowest BCUT2D eigenvalue weighted by atomic mass is 10.1. The Labute approximate surface area is 173 Å². The van der Waals surface area contributed by atoms with Gasteiger partial charge in [0.15, 0.2) is 0 Å². The zero-order chi connectivity index (χ0) is 20.4. The second-order valence-corrected chi connectivity index (χ2v) is 8.17. The smallest absolute Gasteiger partial charge is 0.265 e. The zero-order valence-corrected chi connectivity index (χ0v) is 16.7. The van der Waals surface area contributed by atoms with Crippen molar-refractivity contribution in [2.24, 2.45) is 0 Å². The fourth-order valence-electron chi connectivity index (χ4n) is 2.94. The number of nitriles is 1. The molecular formula is C23H19N3O2S. The van der Waals surface area contributed by atoms with E-state index in [9.17, 15) is 9.59 Å². The first-order chi connectivity index (χ1) is 14.0. The summed E-state index contributed by atoms with van der Waals surface area (Å²) in [6.45, 7) is 1.89. The molecule has 0 radical (unpaired) electrons. The van der Waals surface area contributed by atoms with Gasteiger partial charge < -0.3 is 10.6 Å². The summed E-state index contributed by atoms with van der Waals surface area (Å²) >= 11 is 1.36. The summed E-state index contributed by atoms with van der Waals surface area (Å²) in [5.41, 5.74) is 3.54. The van der Waals surface area contributed by atoms with Crippen LogP contribution in [0.5, 0.6) is 0 Å². The van der Waals surface area contributed by atoms with Crippen molar-refractivity contribution in [2.45, 2.75) is 25.8 Å². The molecule has 1 fully saturated rings. The molecule has 0 spiro atoms. The van der Waals surface area contributed by atoms with Crippen LogP contribution < -0.4 is 10.6 Å². The SMILES string of the molecule is Cc1ccc(C(=O)NC2CC2)cc1NC(=O)c1ccc(-c2cccc(C#N)c2)s1. The van der Waals surface area contributed by atoms with Gasteiger partial charge in [0.05, 0.1) is 16.5 Å². The van der Waals surface area contributed by atoms with Gasteiger partial charge in [-0.1, -0.05) is 18.2 Å². The van der Waals surface area contributed by atoms with Crippen LogP contribution >= 0.6 is 11.3 Å². The Morgan fingerprint density at radius 1 is 1.07 bits per heavy atom. The molecule has 1 heterocycles. The highest BCUT2D eigenvalue weighted by Crippen LogP contribution is 2.29. The second kappa shape index (κ2) is 7.90. The van der Waals surface area contributed by atoms with Crippen molar-refractivity contribution < 1.29 is 9.59 Å². The van der Waals surface area contributed by atoms with E-state index in [1.807, 2.05) is 31.2 Å². The number of thiophene rings is 1. The van der Waals surface area contributed by atoms with Crippen molar-refractivity contribution in [3.8, 4) is 16.5 Å². The van der Waals surface area contributed by atoms with E-state index in [0.29, 0.717) is 21.7 Å². The van der Waals surface area contributed by atoms with Gasteiger partial charge in [0.1, 0.15) is 0 Å². The van der Waals surface area contributed by atoms with Crippen molar-refractivity contribution in [3.63, 3.8) is 0 Å². The average molecular weight is 401 g/mol. The number of anilines is 1. The molecule has 2 aromatic carbocycles. The quantitative estimate of drug-likeness (QED) is 0.648. The maximum Gasteiger partial charge on any atom is 0.265 e. The molecule has 1 aliphatic rings. The van der Waals surface area contributed by atoms with Gasteiger partial charge in [-0.05, 0) is 67.3 Å². The standard InChI is InChI=1S/C23H19N3O2S/c1-14-5-6-17(22(27)25-18-7-8-18)12-19(14)26-23(28)21-10-9-20(29-21)16-4-2-3-15(11-16)13-24/h2-6,9-12,18H,7-8H2,1H3,(H,25,27)(H,26,28). The number of benzene rings is 2. The molecule has 5 nitrogen and oxygen atoms in total. The Morgan fingerprint density at radius 2 is 1.90 bits per heavy atom. The highest BCUT2D eigenvalue weighted by Gasteiger charge is 2.24. The van der Waals surface area contributed by atoms with E-state index in [1.54, 1.807) is 30.3 Å². The van der Waals surface area contributed by atoms with Gasteiger partial charge in [-0.3, -0.25) is 9.59 Å². The van der Waals surface area contributed by atoms with Gasteiger partial charge >= 0.3 is 0 Å². The van der Waals surface area contributed by atoms with Gasteiger partial charge in [0, 0.05) is 22.2 Å². The molecule has 2 N–H and O–H groups in total. The molecule has 4 rings (SSSR count). The molecule has 3 aromatic rings. The van der Waals surface area contributed by atoms with Crippen molar-refractivity contribution >= 4 is 28.8 Å². The number of rotatable bonds is 5. The van der Waals surface area contributed by atoms with E-state index in [0.717, 1.165) is 28.8 Å². The summed E-state index contributed by atoms with van der Waals surface area (Å²) in [6, 6.07) is 18.7. The Bertz CT molecular complexity index is 1140. The fraction of sp³-hybridized carbons (Fsp3) is 0.174. The summed E-state index contributed by atoms with van der Waals surface area (Å²) < 4.78 is 0. The highest BCUT2D eigenvalue weighted by atomic mass is 32.1. The molecule has 144 valence electrons. The van der Waals surface area contributed by atoms with Crippen LogP contribution in [-0.4, -0.2) is 17.9 Å². The molecule has 0 aliphatic heterocycles. The molecule has 29 heavy (non-hydrogen) atoms. The fourth-order valence-corrected chi connectivity index (χ4v) is 3.83. The van der Waals surface area contributed by atoms with Crippen molar-refractivity contribution in [3.05, 3.63) is 76.2 Å². The third kappa shape index (κ3) is 4.36. The molecule has 0 atom stereocenters. The van der Waals surface area contributed by atoms with E-state index in [1.165, 1.54) is 11.3 Å². The van der Waals surface area contributed by atoms with E-state index in [2.05, 4.69) is 16.7 Å². The van der Waals surface area contributed by atoms with Gasteiger partial charge in [0.25, 0.3) is 11.8 Å². The lowest BCUT2D eigenvalue weighted by molar-refractivity contribution is 0.0949. The van der Waals surface area contributed by atoms with Gasteiger partial charge in [-0.2, -0.15) is 5.26 Å². The minimum Gasteiger partial charge on any atom is -0.349 e. The summed E-state index contributed by atoms with van der Waals surface area (Å²) in [4.78, 5) is 26.5. The molecule has 6 heteroatoms. The van der Waals surface area contributed by atoms with E-state index >= 15 is 0 Å². The van der Waals surface area contributed by atoms with Crippen LogP contribution in [0.25, 0.3) is 10.4 Å². The molecular weight excluding hydrogens is 382 g/mol. The molecule has 1 saturated carbocycles. The minimum atomic E-state index is -0.222. The number of hydrogen-bond donors (Lipinski definition) is 2. The molecule has 2 amide bonds. The topological polar surface area (TPSA) is 82.0 Å². The molecule has 1 aromatic heterocycles. The van der Waals surface area contributed by atoms with Crippen LogP contribution in [0.15, 0.2) is 54.6 Å². The molecule has 0 bridgehead atoms. The predicted molar refractivity (Wildman–Crippen MR) is 114 cm³/mol. The molecule has 1 aliphatic carbocycles. The number of amides is 2. The van der Waals surface area contributed by atoms with Crippen molar-refractivity contribution in [2.75, 3.05) is 5.32 Å². The number of aryl methyl sites for hydroxylation is 1. The lowest BCUT2D eigenvalue weighted by Gasteiger charge is -2.10. The Morgan fingerprint density at radius 3 is 2.66 bits per heavy atom. The third-order valence-electron chi connectivity index (χ3n) is 4.77. The predicted octanol–water partition coefficient (Wildman–Crippen LogP) is 4.74. The van der Waals surface area contributed by atoms with Crippen LogP contribution in [0.4, 0.5) is 5.69 Å². The highest BCUT2D eigenvalue weighted by molar-refractivity contribution is 7.17. The van der Waals surface area contributed by atoms with E-state index < -0.39 is 0 Å². The Kier molecular flexibility index (Phi) is 5.15. The minimum absolute atomic E-state index is 0.112. The zero-order valence-electron chi connectivity index (χ0n) is 15.9. The van der Waals surface area contributed by atoms with E-state index in [-0.39, 0.29) is 17.9 Å². The van der Waals surface area contributed by atoms with Gasteiger partial charge in [-0.25, -0.2) is 0 Å². The normalized spacial score (nSPS) is 12.8. The molecule has 0 unspecified atom stereocenters. The summed E-state index contributed by atoms with van der Waals surface area (Å²) in [6.07, 6.45) is 2.05. The van der Waals surface area contributed by atoms with Crippen LogP contribution in [0.3, 0.4) is 0 Å². The number of hydrogen-bond acceptors (Lipinski definition) is 4. The van der Waals surface area contributed by atoms with Gasteiger partial charge in [0.2, 0.25) is 0 Å². The largest absolute Gasteiger partial charge is 0.349 e. The maximum absolute atomic E-state index is 12.7. The van der Waals surface area contributed by atoms with Gasteiger partial charge in [-0.15, -0.1) is 11.3 Å². The lowest BCUT2D eigenvalue weighted by Crippen LogP contribution is -2.25. The van der Waals surface area contributed by atoms with Crippen molar-refractivity contribution in [1.82, 2.24) is 5.32 Å². The monoisotopic (exact) mass is 401 g/mol. The molecule has 0 saturated heterocycles. The van der Waals surface area contributed by atoms with Crippen LogP contribution in [-0.2, 0) is 0 Å². The van der Waals surface area contributed by atoms with E-state index in [4.69, 9.17) is 5.26 Å². The van der Waals surface area contributed by atoms with Crippen molar-refractivity contribution in [1.29, 1.82) is 5.26 Å². The first-order valence-electron chi connectivity index (χ1n) is 9.37. The average Bonchev–Trinajstić information content (AvgIpc) is 3.40. The third-order valence-corrected chi connectivity index (χ3v) is 5.90. The second-order valence-electron chi connectivity index (χ2n) is 7.09. The summed E-state index contributed by atoms with van der Waals surface area (Å²) in [5.74, 6) is -0.334. The summed E-state index contributed by atoms with van der Waals surface area (Å²) in [7, 11) is 0. The first kappa shape index (κ1) is 18.9. The number of nitrogens with one attached hydrogen (secondary N) is 2. The van der Waals surface area contributed by atoms with Crippen LogP contribution in [0.1, 0.15) is 44.0 Å². The number of carbonyl (C=O) groups is 2. The first-order valence-corrected chi connectivity index (χ1v) is 10.2. The maximum atomic E-state index is 12.7. The van der Waals surface area contributed by atoms with Crippen LogP contribution in [0.2, 0.25) is 0 Å². The summed E-state index contributed by atoms with van der Waals surface area (Å²) in [5, 5.41) is 14.9. The Hall–Kier alpha value is -3.43. The number of carbonyl (C=O) groups excluding carboxylic acids is 2.